The number of rotatable bonds is 5. The zero-order valence-electron chi connectivity index (χ0n) is 10.2. The van der Waals surface area contributed by atoms with E-state index in [4.69, 9.17) is 0 Å². The Morgan fingerprint density at radius 3 is 2.64 bits per heavy atom. The molecule has 0 spiro atoms. The molecule has 0 radical (unpaired) electrons. The lowest BCUT2D eigenvalue weighted by molar-refractivity contribution is 0.218. The first-order valence-corrected chi connectivity index (χ1v) is 6.39. The van der Waals surface area contributed by atoms with Gasteiger partial charge in [0.25, 0.3) is 0 Å². The SMILES string of the molecule is CCCCCCC1CCNC(C)(C)C1. The van der Waals surface area contributed by atoms with Crippen molar-refractivity contribution >= 4 is 0 Å². The van der Waals surface area contributed by atoms with Crippen LogP contribution in [0.1, 0.15) is 65.7 Å². The second kappa shape index (κ2) is 5.75. The van der Waals surface area contributed by atoms with Crippen LogP contribution in [0.15, 0.2) is 0 Å². The lowest BCUT2D eigenvalue weighted by Gasteiger charge is -2.36. The largest absolute Gasteiger partial charge is 0.312 e. The molecular formula is C13H27N. The molecule has 0 saturated carbocycles. The van der Waals surface area contributed by atoms with Gasteiger partial charge in [0.15, 0.2) is 0 Å². The van der Waals surface area contributed by atoms with Gasteiger partial charge < -0.3 is 5.32 Å². The predicted octanol–water partition coefficient (Wildman–Crippen LogP) is 3.74. The highest BCUT2D eigenvalue weighted by Gasteiger charge is 2.26. The first-order chi connectivity index (χ1) is 6.64. The van der Waals surface area contributed by atoms with Crippen molar-refractivity contribution in [1.82, 2.24) is 5.32 Å². The van der Waals surface area contributed by atoms with Gasteiger partial charge in [-0.25, -0.2) is 0 Å². The molecule has 1 unspecified atom stereocenters. The number of hydrogen-bond donors (Lipinski definition) is 1. The lowest BCUT2D eigenvalue weighted by Crippen LogP contribution is -2.46. The van der Waals surface area contributed by atoms with Crippen molar-refractivity contribution in [2.45, 2.75) is 71.3 Å². The molecule has 0 bridgehead atoms. The molecule has 1 atom stereocenters. The fraction of sp³-hybridized carbons (Fsp3) is 1.00. The first-order valence-electron chi connectivity index (χ1n) is 6.39. The number of unbranched alkanes of at least 4 members (excludes halogenated alkanes) is 3. The molecule has 0 amide bonds. The Balaban J connectivity index is 2.12. The van der Waals surface area contributed by atoms with Gasteiger partial charge in [-0.3, -0.25) is 0 Å². The molecule has 1 aliphatic rings. The molecule has 1 heterocycles. The van der Waals surface area contributed by atoms with Gasteiger partial charge in [-0.15, -0.1) is 0 Å². The Bertz CT molecular complexity index is 151. The van der Waals surface area contributed by atoms with Crippen molar-refractivity contribution in [1.29, 1.82) is 0 Å². The van der Waals surface area contributed by atoms with Crippen molar-refractivity contribution in [2.24, 2.45) is 5.92 Å². The van der Waals surface area contributed by atoms with E-state index in [2.05, 4.69) is 26.1 Å². The van der Waals surface area contributed by atoms with Crippen LogP contribution in [0.25, 0.3) is 0 Å². The van der Waals surface area contributed by atoms with E-state index in [0.29, 0.717) is 5.54 Å². The average Bonchev–Trinajstić information content (AvgIpc) is 2.11. The summed E-state index contributed by atoms with van der Waals surface area (Å²) in [6, 6.07) is 0. The summed E-state index contributed by atoms with van der Waals surface area (Å²) in [5.41, 5.74) is 0.397. The Kier molecular flexibility index (Phi) is 4.94. The van der Waals surface area contributed by atoms with Gasteiger partial charge in [-0.1, -0.05) is 39.0 Å². The van der Waals surface area contributed by atoms with Crippen LogP contribution in [0.4, 0.5) is 0 Å². The molecule has 1 nitrogen and oxygen atoms in total. The van der Waals surface area contributed by atoms with Crippen LogP contribution in [0.3, 0.4) is 0 Å². The van der Waals surface area contributed by atoms with E-state index in [0.717, 1.165) is 5.92 Å². The van der Waals surface area contributed by atoms with E-state index >= 15 is 0 Å². The van der Waals surface area contributed by atoms with E-state index in [9.17, 15) is 0 Å². The van der Waals surface area contributed by atoms with Crippen molar-refractivity contribution in [3.63, 3.8) is 0 Å². The first kappa shape index (κ1) is 12.0. The zero-order chi connectivity index (χ0) is 10.4. The standard InChI is InChI=1S/C13H27N/c1-4-5-6-7-8-12-9-10-14-13(2,3)11-12/h12,14H,4-11H2,1-3H3. The zero-order valence-corrected chi connectivity index (χ0v) is 10.2. The highest BCUT2D eigenvalue weighted by atomic mass is 15.0. The molecule has 1 aliphatic heterocycles. The third-order valence-corrected chi connectivity index (χ3v) is 3.42. The molecule has 0 aromatic carbocycles. The van der Waals surface area contributed by atoms with E-state index < -0.39 is 0 Å². The minimum atomic E-state index is 0.397. The van der Waals surface area contributed by atoms with E-state index in [-0.39, 0.29) is 0 Å². The maximum absolute atomic E-state index is 3.59. The van der Waals surface area contributed by atoms with Gasteiger partial charge in [-0.2, -0.15) is 0 Å². The summed E-state index contributed by atoms with van der Waals surface area (Å²) in [7, 11) is 0. The maximum atomic E-state index is 3.59. The second-order valence-electron chi connectivity index (χ2n) is 5.52. The Labute approximate surface area is 89.7 Å². The summed E-state index contributed by atoms with van der Waals surface area (Å²) in [5, 5.41) is 3.59. The van der Waals surface area contributed by atoms with Gasteiger partial charge in [0.05, 0.1) is 0 Å². The molecule has 84 valence electrons. The normalized spacial score (nSPS) is 26.4. The minimum absolute atomic E-state index is 0.397. The third kappa shape index (κ3) is 4.45. The van der Waals surface area contributed by atoms with Crippen LogP contribution < -0.4 is 5.32 Å². The topological polar surface area (TPSA) is 12.0 Å². The van der Waals surface area contributed by atoms with Crippen molar-refractivity contribution in [2.75, 3.05) is 6.54 Å². The van der Waals surface area contributed by atoms with E-state index in [1.165, 1.54) is 51.5 Å². The van der Waals surface area contributed by atoms with Gasteiger partial charge in [0.2, 0.25) is 0 Å². The molecule has 1 saturated heterocycles. The third-order valence-electron chi connectivity index (χ3n) is 3.42. The summed E-state index contributed by atoms with van der Waals surface area (Å²) in [4.78, 5) is 0. The van der Waals surface area contributed by atoms with Gasteiger partial charge in [0, 0.05) is 5.54 Å². The van der Waals surface area contributed by atoms with Crippen LogP contribution >= 0.6 is 0 Å². The Morgan fingerprint density at radius 1 is 1.21 bits per heavy atom. The predicted molar refractivity (Wildman–Crippen MR) is 63.6 cm³/mol. The minimum Gasteiger partial charge on any atom is -0.312 e. The summed E-state index contributed by atoms with van der Waals surface area (Å²) in [6.07, 6.45) is 9.92. The van der Waals surface area contributed by atoms with Crippen molar-refractivity contribution < 1.29 is 0 Å². The summed E-state index contributed by atoms with van der Waals surface area (Å²) in [6.45, 7) is 8.19. The second-order valence-corrected chi connectivity index (χ2v) is 5.52. The monoisotopic (exact) mass is 197 g/mol. The highest BCUT2D eigenvalue weighted by Crippen LogP contribution is 2.27. The van der Waals surface area contributed by atoms with Crippen LogP contribution in [0.2, 0.25) is 0 Å². The summed E-state index contributed by atoms with van der Waals surface area (Å²) in [5.74, 6) is 0.989. The number of hydrogen-bond acceptors (Lipinski definition) is 1. The van der Waals surface area contributed by atoms with Gasteiger partial charge in [0.1, 0.15) is 0 Å². The fourth-order valence-electron chi connectivity index (χ4n) is 2.62. The quantitative estimate of drug-likeness (QED) is 0.662. The van der Waals surface area contributed by atoms with Crippen LogP contribution in [0.5, 0.6) is 0 Å². The molecular weight excluding hydrogens is 170 g/mol. The molecule has 1 rings (SSSR count). The molecule has 0 aromatic rings. The number of nitrogens with one attached hydrogen (secondary N) is 1. The van der Waals surface area contributed by atoms with Gasteiger partial charge >= 0.3 is 0 Å². The molecule has 1 heteroatoms. The molecule has 0 aliphatic carbocycles. The van der Waals surface area contributed by atoms with Gasteiger partial charge in [-0.05, 0) is 39.2 Å². The average molecular weight is 197 g/mol. The van der Waals surface area contributed by atoms with E-state index in [1.54, 1.807) is 0 Å². The Morgan fingerprint density at radius 2 is 2.00 bits per heavy atom. The molecule has 14 heavy (non-hydrogen) atoms. The smallest absolute Gasteiger partial charge is 0.0127 e. The Hall–Kier alpha value is -0.0400. The van der Waals surface area contributed by atoms with Crippen molar-refractivity contribution in [3.8, 4) is 0 Å². The summed E-state index contributed by atoms with van der Waals surface area (Å²) >= 11 is 0. The fourth-order valence-corrected chi connectivity index (χ4v) is 2.62. The van der Waals surface area contributed by atoms with Crippen LogP contribution in [-0.4, -0.2) is 12.1 Å². The maximum Gasteiger partial charge on any atom is 0.0127 e. The molecule has 1 fully saturated rings. The molecule has 0 aromatic heterocycles. The highest BCUT2D eigenvalue weighted by molar-refractivity contribution is 4.85. The summed E-state index contributed by atoms with van der Waals surface area (Å²) < 4.78 is 0. The molecule has 1 N–H and O–H groups in total. The van der Waals surface area contributed by atoms with Crippen molar-refractivity contribution in [3.05, 3.63) is 0 Å². The van der Waals surface area contributed by atoms with E-state index in [1.807, 2.05) is 0 Å². The van der Waals surface area contributed by atoms with Crippen LogP contribution in [0, 0.1) is 5.92 Å². The van der Waals surface area contributed by atoms with Crippen LogP contribution in [-0.2, 0) is 0 Å². The number of piperidine rings is 1. The lowest BCUT2D eigenvalue weighted by atomic mass is 9.82.